The number of benzene rings is 1. The van der Waals surface area contributed by atoms with E-state index >= 15 is 0 Å². The van der Waals surface area contributed by atoms with Crippen molar-refractivity contribution in [3.63, 3.8) is 0 Å². The molecule has 1 aromatic rings. The van der Waals surface area contributed by atoms with Gasteiger partial charge in [0.1, 0.15) is 11.5 Å². The second kappa shape index (κ2) is 6.53. The molecular formula is C18H23NO5. The van der Waals surface area contributed by atoms with Crippen LogP contribution >= 0.6 is 0 Å². The summed E-state index contributed by atoms with van der Waals surface area (Å²) in [6.07, 6.45) is 0.762. The molecule has 2 fully saturated rings. The minimum absolute atomic E-state index is 0.0415. The lowest BCUT2D eigenvalue weighted by molar-refractivity contribution is -0.188. The average molecular weight is 333 g/mol. The van der Waals surface area contributed by atoms with Gasteiger partial charge < -0.3 is 9.84 Å². The van der Waals surface area contributed by atoms with Crippen molar-refractivity contribution in [2.45, 2.75) is 51.4 Å². The van der Waals surface area contributed by atoms with Crippen LogP contribution in [-0.2, 0) is 19.2 Å². The third-order valence-corrected chi connectivity index (χ3v) is 5.13. The molecule has 1 saturated carbocycles. The summed E-state index contributed by atoms with van der Waals surface area (Å²) in [5.41, 5.74) is 0.0507. The van der Waals surface area contributed by atoms with Gasteiger partial charge in [-0.3, -0.25) is 14.4 Å². The van der Waals surface area contributed by atoms with E-state index in [-0.39, 0.29) is 24.2 Å². The number of carboxylic acid groups (broad SMARTS) is 1. The maximum absolute atomic E-state index is 12.0. The van der Waals surface area contributed by atoms with Gasteiger partial charge in [0.15, 0.2) is 0 Å². The Bertz CT molecular complexity index is 619. The summed E-state index contributed by atoms with van der Waals surface area (Å²) in [6, 6.07) is 9.83. The van der Waals surface area contributed by atoms with E-state index in [0.29, 0.717) is 25.8 Å². The SMILES string of the molecule is CC(=O)OC1CC[C@@H]2ON([C@H](C)c3ccccc3)C[C@@]2(C(=O)O)C1. The fourth-order valence-corrected chi connectivity index (χ4v) is 3.81. The van der Waals surface area contributed by atoms with Gasteiger partial charge >= 0.3 is 11.9 Å². The number of nitrogens with zero attached hydrogens (tertiary/aromatic N) is 1. The number of esters is 1. The summed E-state index contributed by atoms with van der Waals surface area (Å²) in [5, 5.41) is 11.6. The third-order valence-electron chi connectivity index (χ3n) is 5.13. The highest BCUT2D eigenvalue weighted by Crippen LogP contribution is 2.47. The first-order valence-electron chi connectivity index (χ1n) is 8.31. The minimum atomic E-state index is -1.03. The number of carbonyl (C=O) groups is 2. The van der Waals surface area contributed by atoms with Crippen molar-refractivity contribution in [3.05, 3.63) is 35.9 Å². The fourth-order valence-electron chi connectivity index (χ4n) is 3.81. The number of carbonyl (C=O) groups excluding carboxylic acids is 1. The molecule has 24 heavy (non-hydrogen) atoms. The van der Waals surface area contributed by atoms with E-state index in [9.17, 15) is 14.7 Å². The topological polar surface area (TPSA) is 76.1 Å². The molecule has 130 valence electrons. The molecule has 1 aliphatic carbocycles. The van der Waals surface area contributed by atoms with Crippen LogP contribution in [0, 0.1) is 5.41 Å². The van der Waals surface area contributed by atoms with Crippen molar-refractivity contribution in [2.24, 2.45) is 5.41 Å². The third kappa shape index (κ3) is 3.03. The first kappa shape index (κ1) is 16.9. The Morgan fingerprint density at radius 3 is 2.67 bits per heavy atom. The van der Waals surface area contributed by atoms with Crippen molar-refractivity contribution in [1.29, 1.82) is 0 Å². The van der Waals surface area contributed by atoms with Crippen LogP contribution in [0.1, 0.15) is 44.7 Å². The van der Waals surface area contributed by atoms with Gasteiger partial charge in [-0.1, -0.05) is 30.3 Å². The standard InChI is InChI=1S/C18H23NO5/c1-12(14-6-4-3-5-7-14)19-11-18(17(21)22)10-15(23-13(2)20)8-9-16(18)24-19/h3-7,12,15-16H,8-11H2,1-2H3,(H,21,22)/t12-,15?,16+,18+/m1/s1. The second-order valence-corrected chi connectivity index (χ2v) is 6.73. The molecule has 0 amide bonds. The Hall–Kier alpha value is -1.92. The monoisotopic (exact) mass is 333 g/mol. The molecule has 6 heteroatoms. The van der Waals surface area contributed by atoms with Crippen molar-refractivity contribution in [3.8, 4) is 0 Å². The highest BCUT2D eigenvalue weighted by molar-refractivity contribution is 5.76. The van der Waals surface area contributed by atoms with Crippen molar-refractivity contribution >= 4 is 11.9 Å². The molecule has 0 spiro atoms. The summed E-state index contributed by atoms with van der Waals surface area (Å²) in [7, 11) is 0. The number of hydrogen-bond donors (Lipinski definition) is 1. The highest BCUT2D eigenvalue weighted by atomic mass is 16.7. The van der Waals surface area contributed by atoms with E-state index in [1.54, 1.807) is 5.06 Å². The van der Waals surface area contributed by atoms with Crippen molar-refractivity contribution in [2.75, 3.05) is 6.54 Å². The largest absolute Gasteiger partial charge is 0.481 e. The number of carboxylic acids is 1. The van der Waals surface area contributed by atoms with Crippen LogP contribution < -0.4 is 0 Å². The Balaban J connectivity index is 1.80. The van der Waals surface area contributed by atoms with Gasteiger partial charge in [0.25, 0.3) is 0 Å². The predicted molar refractivity (Wildman–Crippen MR) is 85.9 cm³/mol. The summed E-state index contributed by atoms with van der Waals surface area (Å²) < 4.78 is 5.28. The molecule has 1 unspecified atom stereocenters. The minimum Gasteiger partial charge on any atom is -0.481 e. The molecule has 1 saturated heterocycles. The number of fused-ring (bicyclic) bond motifs is 1. The fraction of sp³-hybridized carbons (Fsp3) is 0.556. The smallest absolute Gasteiger partial charge is 0.313 e. The number of rotatable bonds is 4. The van der Waals surface area contributed by atoms with Crippen LogP contribution in [0.4, 0.5) is 0 Å². The first-order valence-corrected chi connectivity index (χ1v) is 8.31. The molecule has 4 atom stereocenters. The van der Waals surface area contributed by atoms with Crippen molar-refractivity contribution in [1.82, 2.24) is 5.06 Å². The van der Waals surface area contributed by atoms with Gasteiger partial charge in [-0.25, -0.2) is 0 Å². The normalized spacial score (nSPS) is 31.2. The first-order chi connectivity index (χ1) is 11.4. The van der Waals surface area contributed by atoms with Crippen molar-refractivity contribution < 1.29 is 24.3 Å². The molecule has 0 aromatic heterocycles. The van der Waals surface area contributed by atoms with Gasteiger partial charge in [-0.05, 0) is 25.3 Å². The van der Waals surface area contributed by atoms with Crippen LogP contribution in [0.15, 0.2) is 30.3 Å². The summed E-state index contributed by atoms with van der Waals surface area (Å²) in [6.45, 7) is 3.65. The van der Waals surface area contributed by atoms with Crippen LogP contribution in [0.2, 0.25) is 0 Å². The van der Waals surface area contributed by atoms with E-state index < -0.39 is 11.4 Å². The molecule has 6 nitrogen and oxygen atoms in total. The predicted octanol–water partition coefficient (Wildman–Crippen LogP) is 2.55. The zero-order chi connectivity index (χ0) is 17.3. The zero-order valence-corrected chi connectivity index (χ0v) is 14.0. The van der Waals surface area contributed by atoms with E-state index in [1.807, 2.05) is 37.3 Å². The second-order valence-electron chi connectivity index (χ2n) is 6.73. The Morgan fingerprint density at radius 1 is 1.33 bits per heavy atom. The van der Waals surface area contributed by atoms with Crippen LogP contribution in [0.3, 0.4) is 0 Å². The van der Waals surface area contributed by atoms with Crippen LogP contribution in [0.5, 0.6) is 0 Å². The molecule has 0 bridgehead atoms. The molecule has 0 radical (unpaired) electrons. The molecule has 3 rings (SSSR count). The lowest BCUT2D eigenvalue weighted by Gasteiger charge is -2.36. The zero-order valence-electron chi connectivity index (χ0n) is 14.0. The molecular weight excluding hydrogens is 310 g/mol. The molecule has 1 aromatic carbocycles. The number of aliphatic carboxylic acids is 1. The lowest BCUT2D eigenvalue weighted by Crippen LogP contribution is -2.48. The van der Waals surface area contributed by atoms with E-state index in [2.05, 4.69) is 0 Å². The number of ether oxygens (including phenoxy) is 1. The average Bonchev–Trinajstić information content (AvgIpc) is 2.94. The Labute approximate surface area is 141 Å². The Kier molecular flexibility index (Phi) is 4.60. The summed E-state index contributed by atoms with van der Waals surface area (Å²) >= 11 is 0. The number of hydroxylamine groups is 2. The van der Waals surface area contributed by atoms with Gasteiger partial charge in [0, 0.05) is 19.9 Å². The van der Waals surface area contributed by atoms with Crippen LogP contribution in [0.25, 0.3) is 0 Å². The van der Waals surface area contributed by atoms with Gasteiger partial charge in [-0.15, -0.1) is 0 Å². The quantitative estimate of drug-likeness (QED) is 0.854. The van der Waals surface area contributed by atoms with E-state index in [1.165, 1.54) is 6.92 Å². The molecule has 1 aliphatic heterocycles. The summed E-state index contributed by atoms with van der Waals surface area (Å²) in [4.78, 5) is 29.3. The highest BCUT2D eigenvalue weighted by Gasteiger charge is 2.58. The van der Waals surface area contributed by atoms with E-state index in [4.69, 9.17) is 9.57 Å². The maximum Gasteiger partial charge on any atom is 0.313 e. The Morgan fingerprint density at radius 2 is 2.04 bits per heavy atom. The van der Waals surface area contributed by atoms with E-state index in [0.717, 1.165) is 5.56 Å². The maximum atomic E-state index is 12.0. The molecule has 2 aliphatic rings. The lowest BCUT2D eigenvalue weighted by atomic mass is 9.71. The molecule has 1 N–H and O–H groups in total. The van der Waals surface area contributed by atoms with Gasteiger partial charge in [0.05, 0.1) is 12.1 Å². The molecule has 1 heterocycles. The number of hydrogen-bond acceptors (Lipinski definition) is 5. The van der Waals surface area contributed by atoms with Gasteiger partial charge in [-0.2, -0.15) is 5.06 Å². The van der Waals surface area contributed by atoms with Gasteiger partial charge in [0.2, 0.25) is 0 Å². The summed E-state index contributed by atoms with van der Waals surface area (Å²) in [5.74, 6) is -1.25. The van der Waals surface area contributed by atoms with Crippen LogP contribution in [-0.4, -0.2) is 40.9 Å².